The fraction of sp³-hybridized carbons (Fsp3) is 0.333. The maximum atomic E-state index is 5.77. The van der Waals surface area contributed by atoms with E-state index in [4.69, 9.17) is 5.84 Å². The van der Waals surface area contributed by atoms with Gasteiger partial charge in [-0.25, -0.2) is 0 Å². The molecule has 3 heteroatoms. The van der Waals surface area contributed by atoms with E-state index in [9.17, 15) is 0 Å². The Morgan fingerprint density at radius 1 is 1.10 bits per heavy atom. The quantitative estimate of drug-likeness (QED) is 0.620. The molecule has 2 aromatic carbocycles. The van der Waals surface area contributed by atoms with Gasteiger partial charge in [-0.05, 0) is 47.9 Å². The molecule has 1 aliphatic carbocycles. The van der Waals surface area contributed by atoms with Crippen molar-refractivity contribution in [3.05, 3.63) is 69.7 Å². The Hall–Kier alpha value is -1.16. The van der Waals surface area contributed by atoms with Gasteiger partial charge in [0.25, 0.3) is 0 Å². The first kappa shape index (κ1) is 14.8. The first-order chi connectivity index (χ1) is 10.3. The summed E-state index contributed by atoms with van der Waals surface area (Å²) in [5, 5.41) is 0. The standard InChI is InChI=1S/C18H21BrN2/c19-17-7-2-1-4-16(17)12-18(21-20)15-10-8-14(9-11-15)13-5-3-6-13/h1-2,4,7-11,13,18,21H,3,5-6,12,20H2. The Morgan fingerprint density at radius 3 is 2.38 bits per heavy atom. The van der Waals surface area contributed by atoms with Crippen molar-refractivity contribution in [3.8, 4) is 0 Å². The van der Waals surface area contributed by atoms with Crippen molar-refractivity contribution in [3.63, 3.8) is 0 Å². The number of benzene rings is 2. The molecular weight excluding hydrogens is 324 g/mol. The van der Waals surface area contributed by atoms with E-state index in [1.807, 2.05) is 6.07 Å². The highest BCUT2D eigenvalue weighted by molar-refractivity contribution is 9.10. The van der Waals surface area contributed by atoms with Gasteiger partial charge in [0.15, 0.2) is 0 Å². The summed E-state index contributed by atoms with van der Waals surface area (Å²) < 4.78 is 1.14. The van der Waals surface area contributed by atoms with E-state index in [0.29, 0.717) is 0 Å². The number of hydrogen-bond acceptors (Lipinski definition) is 2. The smallest absolute Gasteiger partial charge is 0.0500 e. The third-order valence-corrected chi connectivity index (χ3v) is 5.27. The highest BCUT2D eigenvalue weighted by Gasteiger charge is 2.20. The molecule has 0 heterocycles. The van der Waals surface area contributed by atoms with Gasteiger partial charge >= 0.3 is 0 Å². The molecule has 0 saturated heterocycles. The van der Waals surface area contributed by atoms with Gasteiger partial charge in [0.1, 0.15) is 0 Å². The van der Waals surface area contributed by atoms with Crippen LogP contribution in [0, 0.1) is 0 Å². The molecule has 1 atom stereocenters. The zero-order chi connectivity index (χ0) is 14.7. The number of nitrogens with one attached hydrogen (secondary N) is 1. The summed E-state index contributed by atoms with van der Waals surface area (Å²) in [7, 11) is 0. The predicted octanol–water partition coefficient (Wildman–Crippen LogP) is 4.46. The first-order valence-corrected chi connectivity index (χ1v) is 8.36. The number of halogens is 1. The SMILES string of the molecule is NNC(Cc1ccccc1Br)c1ccc(C2CCC2)cc1. The summed E-state index contributed by atoms with van der Waals surface area (Å²) in [6, 6.07) is 17.4. The van der Waals surface area contributed by atoms with Gasteiger partial charge in [0, 0.05) is 4.47 Å². The molecule has 110 valence electrons. The Morgan fingerprint density at radius 2 is 1.81 bits per heavy atom. The largest absolute Gasteiger partial charge is 0.271 e. The molecule has 1 unspecified atom stereocenters. The van der Waals surface area contributed by atoms with Gasteiger partial charge < -0.3 is 0 Å². The molecule has 0 spiro atoms. The molecule has 1 aliphatic rings. The van der Waals surface area contributed by atoms with Crippen LogP contribution in [0.3, 0.4) is 0 Å². The average Bonchev–Trinajstić information content (AvgIpc) is 2.46. The van der Waals surface area contributed by atoms with Crippen LogP contribution in [-0.4, -0.2) is 0 Å². The lowest BCUT2D eigenvalue weighted by atomic mass is 9.80. The van der Waals surface area contributed by atoms with E-state index < -0.39 is 0 Å². The van der Waals surface area contributed by atoms with Crippen molar-refractivity contribution < 1.29 is 0 Å². The van der Waals surface area contributed by atoms with Crippen molar-refractivity contribution in [1.29, 1.82) is 0 Å². The van der Waals surface area contributed by atoms with Crippen LogP contribution in [0.15, 0.2) is 53.0 Å². The van der Waals surface area contributed by atoms with Crippen molar-refractivity contribution >= 4 is 15.9 Å². The van der Waals surface area contributed by atoms with Crippen molar-refractivity contribution in [2.45, 2.75) is 37.6 Å². The lowest BCUT2D eigenvalue weighted by Crippen LogP contribution is -2.29. The van der Waals surface area contributed by atoms with E-state index in [-0.39, 0.29) is 6.04 Å². The molecule has 0 amide bonds. The molecule has 0 aliphatic heterocycles. The van der Waals surface area contributed by atoms with E-state index >= 15 is 0 Å². The minimum atomic E-state index is 0.138. The molecule has 1 saturated carbocycles. The number of nitrogens with two attached hydrogens (primary N) is 1. The third kappa shape index (κ3) is 3.37. The molecule has 0 bridgehead atoms. The van der Waals surface area contributed by atoms with Crippen LogP contribution in [0.2, 0.25) is 0 Å². The Kier molecular flexibility index (Phi) is 4.73. The Balaban J connectivity index is 1.75. The second-order valence-electron chi connectivity index (χ2n) is 5.81. The van der Waals surface area contributed by atoms with Gasteiger partial charge in [0.2, 0.25) is 0 Å². The second kappa shape index (κ2) is 6.73. The minimum absolute atomic E-state index is 0.138. The van der Waals surface area contributed by atoms with Gasteiger partial charge in [-0.3, -0.25) is 11.3 Å². The molecular formula is C18H21BrN2. The van der Waals surface area contributed by atoms with Gasteiger partial charge in [-0.2, -0.15) is 0 Å². The van der Waals surface area contributed by atoms with Crippen LogP contribution in [0.25, 0.3) is 0 Å². The van der Waals surface area contributed by atoms with Crippen molar-refractivity contribution in [1.82, 2.24) is 5.43 Å². The minimum Gasteiger partial charge on any atom is -0.271 e. The first-order valence-electron chi connectivity index (χ1n) is 7.57. The molecule has 3 N–H and O–H groups in total. The maximum absolute atomic E-state index is 5.77. The van der Waals surface area contributed by atoms with E-state index in [1.54, 1.807) is 0 Å². The van der Waals surface area contributed by atoms with Gasteiger partial charge in [-0.15, -0.1) is 0 Å². The number of hydrogen-bond donors (Lipinski definition) is 2. The lowest BCUT2D eigenvalue weighted by Gasteiger charge is -2.26. The zero-order valence-electron chi connectivity index (χ0n) is 12.1. The molecule has 21 heavy (non-hydrogen) atoms. The fourth-order valence-electron chi connectivity index (χ4n) is 2.90. The normalized spacial score (nSPS) is 16.5. The summed E-state index contributed by atoms with van der Waals surface area (Å²) in [5.41, 5.74) is 6.94. The molecule has 0 radical (unpaired) electrons. The predicted molar refractivity (Wildman–Crippen MR) is 90.9 cm³/mol. The summed E-state index contributed by atoms with van der Waals surface area (Å²) in [4.78, 5) is 0. The lowest BCUT2D eigenvalue weighted by molar-refractivity contribution is 0.419. The summed E-state index contributed by atoms with van der Waals surface area (Å²) in [5.74, 6) is 6.56. The number of hydrazine groups is 1. The third-order valence-electron chi connectivity index (χ3n) is 4.50. The summed E-state index contributed by atoms with van der Waals surface area (Å²) in [6.45, 7) is 0. The maximum Gasteiger partial charge on any atom is 0.0500 e. The van der Waals surface area contributed by atoms with Gasteiger partial charge in [0.05, 0.1) is 6.04 Å². The monoisotopic (exact) mass is 344 g/mol. The van der Waals surface area contributed by atoms with E-state index in [1.165, 1.54) is 36.0 Å². The van der Waals surface area contributed by atoms with Crippen LogP contribution in [0.1, 0.15) is 47.9 Å². The molecule has 0 aromatic heterocycles. The topological polar surface area (TPSA) is 38.0 Å². The van der Waals surface area contributed by atoms with E-state index in [2.05, 4.69) is 63.8 Å². The second-order valence-corrected chi connectivity index (χ2v) is 6.66. The highest BCUT2D eigenvalue weighted by Crippen LogP contribution is 2.36. The molecule has 2 nitrogen and oxygen atoms in total. The molecule has 1 fully saturated rings. The Labute approximate surface area is 134 Å². The highest BCUT2D eigenvalue weighted by atomic mass is 79.9. The van der Waals surface area contributed by atoms with Crippen LogP contribution in [0.4, 0.5) is 0 Å². The van der Waals surface area contributed by atoms with E-state index in [0.717, 1.165) is 16.8 Å². The fourth-order valence-corrected chi connectivity index (χ4v) is 3.35. The van der Waals surface area contributed by atoms with Crippen LogP contribution in [-0.2, 0) is 6.42 Å². The number of rotatable bonds is 5. The summed E-state index contributed by atoms with van der Waals surface area (Å²) in [6.07, 6.45) is 4.94. The Bertz CT molecular complexity index is 590. The van der Waals surface area contributed by atoms with Crippen molar-refractivity contribution in [2.75, 3.05) is 0 Å². The zero-order valence-corrected chi connectivity index (χ0v) is 13.6. The van der Waals surface area contributed by atoms with Crippen LogP contribution in [0.5, 0.6) is 0 Å². The molecule has 3 rings (SSSR count). The summed E-state index contributed by atoms with van der Waals surface area (Å²) >= 11 is 3.61. The van der Waals surface area contributed by atoms with Gasteiger partial charge in [-0.1, -0.05) is 64.8 Å². The van der Waals surface area contributed by atoms with Crippen LogP contribution >= 0.6 is 15.9 Å². The van der Waals surface area contributed by atoms with Crippen LogP contribution < -0.4 is 11.3 Å². The van der Waals surface area contributed by atoms with Crippen molar-refractivity contribution in [2.24, 2.45) is 5.84 Å². The molecule has 2 aromatic rings. The average molecular weight is 345 g/mol.